The first-order valence-corrected chi connectivity index (χ1v) is 4.57. The molecular weight excluding hydrogens is 189 g/mol. The minimum Gasteiger partial charge on any atom is -0.480 e. The Morgan fingerprint density at radius 1 is 1.50 bits per heavy atom. The van der Waals surface area contributed by atoms with E-state index >= 15 is 0 Å². The van der Waals surface area contributed by atoms with Crippen LogP contribution >= 0.6 is 0 Å². The van der Waals surface area contributed by atoms with Crippen LogP contribution in [-0.4, -0.2) is 41.6 Å². The van der Waals surface area contributed by atoms with Gasteiger partial charge in [0.1, 0.15) is 12.7 Å². The van der Waals surface area contributed by atoms with Crippen LogP contribution in [-0.2, 0) is 9.59 Å². The molecule has 1 unspecified atom stereocenters. The molecule has 0 radical (unpaired) electrons. The maximum Gasteiger partial charge on any atom is 0.323 e. The number of carbonyl (C=O) groups excluding carboxylic acids is 1. The Kier molecular flexibility index (Phi) is 5.83. The number of rotatable bonds is 6. The summed E-state index contributed by atoms with van der Waals surface area (Å²) in [5.41, 5.74) is 0. The molecule has 0 aliphatic heterocycles. The molecule has 0 saturated carbocycles. The quantitative estimate of drug-likeness (QED) is 0.705. The topological polar surface area (TPSA) is 57.6 Å². The Labute approximate surface area is 82.7 Å². The van der Waals surface area contributed by atoms with Gasteiger partial charge in [0.2, 0.25) is 5.91 Å². The van der Waals surface area contributed by atoms with Crippen molar-refractivity contribution in [3.63, 3.8) is 0 Å². The van der Waals surface area contributed by atoms with Gasteiger partial charge >= 0.3 is 5.97 Å². The van der Waals surface area contributed by atoms with Crippen LogP contribution < -0.4 is 0 Å². The third kappa shape index (κ3) is 5.50. The van der Waals surface area contributed by atoms with Gasteiger partial charge in [0.15, 0.2) is 0 Å². The second-order valence-corrected chi connectivity index (χ2v) is 3.19. The fraction of sp³-hybridized carbons (Fsp3) is 0.778. The molecule has 0 aromatic carbocycles. The molecule has 0 aliphatic carbocycles. The highest BCUT2D eigenvalue weighted by Crippen LogP contribution is 2.07. The molecule has 0 aromatic heterocycles. The lowest BCUT2D eigenvalue weighted by atomic mass is 10.1. The molecule has 0 aromatic rings. The average Bonchev–Trinajstić information content (AvgIpc) is 2.12. The number of halogens is 1. The van der Waals surface area contributed by atoms with Crippen LogP contribution in [0, 0.1) is 0 Å². The zero-order valence-corrected chi connectivity index (χ0v) is 8.49. The number of hydrogen-bond acceptors (Lipinski definition) is 2. The first-order valence-electron chi connectivity index (χ1n) is 4.57. The van der Waals surface area contributed by atoms with E-state index in [0.29, 0.717) is 6.42 Å². The minimum absolute atomic E-state index is 0.0682. The standard InChI is InChI=1S/C9H16FNO3/c1-3-7(10)4-5-8(12)11(2)6-9(13)14/h7H,3-6H2,1-2H3,(H,13,14). The van der Waals surface area contributed by atoms with Gasteiger partial charge in [-0.3, -0.25) is 9.59 Å². The van der Waals surface area contributed by atoms with Crippen LogP contribution in [0.1, 0.15) is 26.2 Å². The summed E-state index contributed by atoms with van der Waals surface area (Å²) in [5, 5.41) is 8.39. The number of aliphatic carboxylic acids is 1. The molecule has 0 fully saturated rings. The predicted octanol–water partition coefficient (Wildman–Crippen LogP) is 1.06. The van der Waals surface area contributed by atoms with Crippen molar-refractivity contribution in [3.8, 4) is 0 Å². The van der Waals surface area contributed by atoms with E-state index < -0.39 is 12.1 Å². The van der Waals surface area contributed by atoms with E-state index in [2.05, 4.69) is 0 Å². The van der Waals surface area contributed by atoms with Crippen molar-refractivity contribution in [1.29, 1.82) is 0 Å². The van der Waals surface area contributed by atoms with Crippen LogP contribution in [0.4, 0.5) is 4.39 Å². The summed E-state index contributed by atoms with van der Waals surface area (Å²) in [5.74, 6) is -1.39. The summed E-state index contributed by atoms with van der Waals surface area (Å²) >= 11 is 0. The molecule has 0 bridgehead atoms. The number of alkyl halides is 1. The van der Waals surface area contributed by atoms with Crippen LogP contribution in [0.25, 0.3) is 0 Å². The van der Waals surface area contributed by atoms with Crippen molar-refractivity contribution < 1.29 is 19.1 Å². The Hall–Kier alpha value is -1.13. The number of carboxylic acid groups (broad SMARTS) is 1. The summed E-state index contributed by atoms with van der Waals surface area (Å²) in [6, 6.07) is 0. The number of carboxylic acids is 1. The smallest absolute Gasteiger partial charge is 0.323 e. The molecule has 0 saturated heterocycles. The van der Waals surface area contributed by atoms with Gasteiger partial charge in [-0.1, -0.05) is 6.92 Å². The molecule has 0 spiro atoms. The summed E-state index contributed by atoms with van der Waals surface area (Å²) in [6.45, 7) is 1.37. The van der Waals surface area contributed by atoms with Gasteiger partial charge in [-0.05, 0) is 12.8 Å². The third-order valence-electron chi connectivity index (χ3n) is 1.91. The van der Waals surface area contributed by atoms with Gasteiger partial charge in [-0.2, -0.15) is 0 Å². The lowest BCUT2D eigenvalue weighted by Crippen LogP contribution is -2.32. The van der Waals surface area contributed by atoms with Crippen molar-refractivity contribution >= 4 is 11.9 Å². The predicted molar refractivity (Wildman–Crippen MR) is 49.7 cm³/mol. The normalized spacial score (nSPS) is 12.2. The largest absolute Gasteiger partial charge is 0.480 e. The summed E-state index contributed by atoms with van der Waals surface area (Å²) in [7, 11) is 1.40. The SMILES string of the molecule is CCC(F)CCC(=O)N(C)CC(=O)O. The van der Waals surface area contributed by atoms with E-state index in [9.17, 15) is 14.0 Å². The molecule has 1 N–H and O–H groups in total. The van der Waals surface area contributed by atoms with E-state index in [1.807, 2.05) is 0 Å². The van der Waals surface area contributed by atoms with E-state index in [0.717, 1.165) is 4.90 Å². The van der Waals surface area contributed by atoms with Gasteiger partial charge in [0.05, 0.1) is 0 Å². The summed E-state index contributed by atoms with van der Waals surface area (Å²) in [4.78, 5) is 22.5. The van der Waals surface area contributed by atoms with Crippen molar-refractivity contribution in [1.82, 2.24) is 4.90 Å². The lowest BCUT2D eigenvalue weighted by molar-refractivity contribution is -0.143. The maximum absolute atomic E-state index is 12.7. The Balaban J connectivity index is 3.78. The Morgan fingerprint density at radius 2 is 2.07 bits per heavy atom. The van der Waals surface area contributed by atoms with Crippen LogP contribution in [0.5, 0.6) is 0 Å². The van der Waals surface area contributed by atoms with Crippen molar-refractivity contribution in [2.75, 3.05) is 13.6 Å². The molecule has 1 atom stereocenters. The van der Waals surface area contributed by atoms with E-state index in [1.54, 1.807) is 6.92 Å². The van der Waals surface area contributed by atoms with Gasteiger partial charge in [-0.15, -0.1) is 0 Å². The van der Waals surface area contributed by atoms with Gasteiger partial charge in [-0.25, -0.2) is 4.39 Å². The summed E-state index contributed by atoms with van der Waals surface area (Å²) < 4.78 is 12.7. The van der Waals surface area contributed by atoms with Crippen LogP contribution in [0.2, 0.25) is 0 Å². The van der Waals surface area contributed by atoms with Crippen molar-refractivity contribution in [3.05, 3.63) is 0 Å². The number of amides is 1. The van der Waals surface area contributed by atoms with Crippen LogP contribution in [0.15, 0.2) is 0 Å². The molecule has 1 amide bonds. The zero-order valence-electron chi connectivity index (χ0n) is 8.49. The maximum atomic E-state index is 12.7. The monoisotopic (exact) mass is 205 g/mol. The molecular formula is C9H16FNO3. The number of likely N-dealkylation sites (N-methyl/N-ethyl adjacent to an activating group) is 1. The molecule has 0 aliphatic rings. The van der Waals surface area contributed by atoms with E-state index in [1.165, 1.54) is 7.05 Å². The zero-order chi connectivity index (χ0) is 11.1. The lowest BCUT2D eigenvalue weighted by Gasteiger charge is -2.14. The molecule has 4 nitrogen and oxygen atoms in total. The highest BCUT2D eigenvalue weighted by Gasteiger charge is 2.13. The second kappa shape index (κ2) is 6.34. The average molecular weight is 205 g/mol. The molecule has 82 valence electrons. The highest BCUT2D eigenvalue weighted by molar-refractivity contribution is 5.80. The van der Waals surface area contributed by atoms with Crippen molar-refractivity contribution in [2.45, 2.75) is 32.4 Å². The van der Waals surface area contributed by atoms with E-state index in [-0.39, 0.29) is 25.3 Å². The Bertz CT molecular complexity index is 208. The first-order chi connectivity index (χ1) is 6.47. The number of nitrogens with zero attached hydrogens (tertiary/aromatic N) is 1. The van der Waals surface area contributed by atoms with Gasteiger partial charge in [0, 0.05) is 13.5 Å². The second-order valence-electron chi connectivity index (χ2n) is 3.19. The van der Waals surface area contributed by atoms with Gasteiger partial charge in [0.25, 0.3) is 0 Å². The Morgan fingerprint density at radius 3 is 2.50 bits per heavy atom. The fourth-order valence-electron chi connectivity index (χ4n) is 0.966. The van der Waals surface area contributed by atoms with E-state index in [4.69, 9.17) is 5.11 Å². The third-order valence-corrected chi connectivity index (χ3v) is 1.91. The van der Waals surface area contributed by atoms with Crippen LogP contribution in [0.3, 0.4) is 0 Å². The highest BCUT2D eigenvalue weighted by atomic mass is 19.1. The van der Waals surface area contributed by atoms with Gasteiger partial charge < -0.3 is 10.0 Å². The van der Waals surface area contributed by atoms with Crippen molar-refractivity contribution in [2.24, 2.45) is 0 Å². The number of carbonyl (C=O) groups is 2. The number of hydrogen-bond donors (Lipinski definition) is 1. The summed E-state index contributed by atoms with van der Waals surface area (Å²) in [6.07, 6.45) is -0.356. The molecule has 0 heterocycles. The fourth-order valence-corrected chi connectivity index (χ4v) is 0.966. The molecule has 0 rings (SSSR count). The minimum atomic E-state index is -1.06. The first kappa shape index (κ1) is 12.9. The molecule has 14 heavy (non-hydrogen) atoms. The molecule has 5 heteroatoms.